The third kappa shape index (κ3) is 4.25. The third-order valence-electron chi connectivity index (χ3n) is 3.09. The van der Waals surface area contributed by atoms with Gasteiger partial charge in [0.15, 0.2) is 0 Å². The van der Waals surface area contributed by atoms with Crippen LogP contribution in [0.5, 0.6) is 0 Å². The second-order valence-electron chi connectivity index (χ2n) is 4.81. The Labute approximate surface area is 112 Å². The highest BCUT2D eigenvalue weighted by Gasteiger charge is 2.17. The molecule has 0 unspecified atom stereocenters. The van der Waals surface area contributed by atoms with Crippen LogP contribution in [-0.4, -0.2) is 60.5 Å². The van der Waals surface area contributed by atoms with Crippen LogP contribution in [0.3, 0.4) is 0 Å². The Morgan fingerprint density at radius 1 is 1.47 bits per heavy atom. The molecule has 0 saturated carbocycles. The van der Waals surface area contributed by atoms with E-state index in [0.717, 1.165) is 31.7 Å². The average molecular weight is 266 g/mol. The van der Waals surface area contributed by atoms with Crippen molar-refractivity contribution in [3.05, 3.63) is 29.8 Å². The lowest BCUT2D eigenvalue weighted by Gasteiger charge is -2.29. The number of hydrogen-bond acceptors (Lipinski definition) is 4. The van der Waals surface area contributed by atoms with Crippen molar-refractivity contribution in [3.8, 4) is 0 Å². The molecule has 6 heteroatoms. The molecular formula is C13H19FN4O. The molecule has 19 heavy (non-hydrogen) atoms. The van der Waals surface area contributed by atoms with Gasteiger partial charge in [-0.05, 0) is 18.7 Å². The van der Waals surface area contributed by atoms with Gasteiger partial charge in [0.2, 0.25) is 5.91 Å². The van der Waals surface area contributed by atoms with E-state index in [0.29, 0.717) is 13.1 Å². The summed E-state index contributed by atoms with van der Waals surface area (Å²) in [5.74, 6) is -0.229. The van der Waals surface area contributed by atoms with Crippen LogP contribution in [0.25, 0.3) is 0 Å². The number of rotatable bonds is 4. The summed E-state index contributed by atoms with van der Waals surface area (Å²) in [6.07, 6.45) is 2.80. The fourth-order valence-corrected chi connectivity index (χ4v) is 2.16. The van der Waals surface area contributed by atoms with E-state index in [2.05, 4.69) is 10.3 Å². The maximum absolute atomic E-state index is 13.0. The molecule has 1 saturated heterocycles. The number of carbonyl (C=O) groups is 1. The first kappa shape index (κ1) is 13.9. The van der Waals surface area contributed by atoms with Crippen molar-refractivity contribution >= 4 is 5.91 Å². The standard InChI is InChI=1S/C13H19FN4O/c1-17(9-11-6-12(14)8-16-7-11)10-13(19)18-4-2-15-3-5-18/h6-8,15H,2-5,9-10H2,1H3. The van der Waals surface area contributed by atoms with Gasteiger partial charge in [-0.2, -0.15) is 0 Å². The molecule has 0 aliphatic carbocycles. The Kier molecular flexibility index (Phi) is 4.81. The maximum atomic E-state index is 13.0. The van der Waals surface area contributed by atoms with Gasteiger partial charge in [0, 0.05) is 38.9 Å². The highest BCUT2D eigenvalue weighted by molar-refractivity contribution is 5.78. The van der Waals surface area contributed by atoms with Gasteiger partial charge in [0.25, 0.3) is 0 Å². The largest absolute Gasteiger partial charge is 0.339 e. The Bertz CT molecular complexity index is 434. The fraction of sp³-hybridized carbons (Fsp3) is 0.538. The van der Waals surface area contributed by atoms with Gasteiger partial charge in [-0.1, -0.05) is 0 Å². The maximum Gasteiger partial charge on any atom is 0.236 e. The molecule has 0 aromatic carbocycles. The van der Waals surface area contributed by atoms with Gasteiger partial charge in [-0.3, -0.25) is 14.7 Å². The van der Waals surface area contributed by atoms with Crippen LogP contribution < -0.4 is 5.32 Å². The summed E-state index contributed by atoms with van der Waals surface area (Å²) in [4.78, 5) is 19.6. The Morgan fingerprint density at radius 3 is 2.89 bits per heavy atom. The van der Waals surface area contributed by atoms with Crippen molar-refractivity contribution in [2.45, 2.75) is 6.54 Å². The van der Waals surface area contributed by atoms with E-state index in [9.17, 15) is 9.18 Å². The lowest BCUT2D eigenvalue weighted by molar-refractivity contribution is -0.132. The van der Waals surface area contributed by atoms with Crippen LogP contribution in [0.15, 0.2) is 18.5 Å². The van der Waals surface area contributed by atoms with Crippen LogP contribution in [-0.2, 0) is 11.3 Å². The van der Waals surface area contributed by atoms with Gasteiger partial charge < -0.3 is 10.2 Å². The second kappa shape index (κ2) is 6.58. The number of amides is 1. The molecule has 104 valence electrons. The number of aromatic nitrogens is 1. The monoisotopic (exact) mass is 266 g/mol. The Hall–Kier alpha value is -1.53. The zero-order valence-electron chi connectivity index (χ0n) is 11.1. The molecule has 2 heterocycles. The molecule has 2 rings (SSSR count). The third-order valence-corrected chi connectivity index (χ3v) is 3.09. The summed E-state index contributed by atoms with van der Waals surface area (Å²) in [5.41, 5.74) is 0.774. The molecule has 1 aliphatic rings. The van der Waals surface area contributed by atoms with Crippen molar-refractivity contribution in [1.29, 1.82) is 0 Å². The molecular weight excluding hydrogens is 247 g/mol. The number of halogens is 1. The molecule has 0 bridgehead atoms. The van der Waals surface area contributed by atoms with Gasteiger partial charge in [0.05, 0.1) is 12.7 Å². The second-order valence-corrected chi connectivity index (χ2v) is 4.81. The molecule has 0 radical (unpaired) electrons. The first-order valence-corrected chi connectivity index (χ1v) is 6.41. The van der Waals surface area contributed by atoms with E-state index >= 15 is 0 Å². The molecule has 0 spiro atoms. The van der Waals surface area contributed by atoms with Crippen LogP contribution in [0.4, 0.5) is 4.39 Å². The lowest BCUT2D eigenvalue weighted by Crippen LogP contribution is -2.49. The Balaban J connectivity index is 1.83. The van der Waals surface area contributed by atoms with Crippen LogP contribution in [0.1, 0.15) is 5.56 Å². The van der Waals surface area contributed by atoms with Crippen molar-refractivity contribution in [2.24, 2.45) is 0 Å². The highest BCUT2D eigenvalue weighted by atomic mass is 19.1. The summed E-state index contributed by atoms with van der Waals surface area (Å²) in [6, 6.07) is 1.44. The van der Waals surface area contributed by atoms with Crippen molar-refractivity contribution in [3.63, 3.8) is 0 Å². The molecule has 5 nitrogen and oxygen atoms in total. The molecule has 1 N–H and O–H groups in total. The fourth-order valence-electron chi connectivity index (χ4n) is 2.16. The van der Waals surface area contributed by atoms with Crippen LogP contribution in [0.2, 0.25) is 0 Å². The van der Waals surface area contributed by atoms with E-state index in [1.165, 1.54) is 12.3 Å². The average Bonchev–Trinajstić information content (AvgIpc) is 2.39. The van der Waals surface area contributed by atoms with Crippen molar-refractivity contribution < 1.29 is 9.18 Å². The van der Waals surface area contributed by atoms with Crippen molar-refractivity contribution in [2.75, 3.05) is 39.8 Å². The van der Waals surface area contributed by atoms with Crippen LogP contribution >= 0.6 is 0 Å². The smallest absolute Gasteiger partial charge is 0.236 e. The molecule has 1 aromatic heterocycles. The highest BCUT2D eigenvalue weighted by Crippen LogP contribution is 2.04. The Morgan fingerprint density at radius 2 is 2.21 bits per heavy atom. The molecule has 1 aromatic rings. The summed E-state index contributed by atoms with van der Waals surface area (Å²) < 4.78 is 13.0. The summed E-state index contributed by atoms with van der Waals surface area (Å²) in [6.45, 7) is 4.08. The SMILES string of the molecule is CN(CC(=O)N1CCNCC1)Cc1cncc(F)c1. The number of piperazine rings is 1. The zero-order valence-corrected chi connectivity index (χ0v) is 11.1. The normalized spacial score (nSPS) is 15.8. The minimum absolute atomic E-state index is 0.119. The van der Waals surface area contributed by atoms with E-state index in [1.54, 1.807) is 6.20 Å². The predicted molar refractivity (Wildman–Crippen MR) is 70.0 cm³/mol. The van der Waals surface area contributed by atoms with Gasteiger partial charge in [-0.15, -0.1) is 0 Å². The minimum Gasteiger partial charge on any atom is -0.339 e. The number of nitrogens with one attached hydrogen (secondary N) is 1. The number of carbonyl (C=O) groups excluding carboxylic acids is 1. The number of nitrogens with zero attached hydrogens (tertiary/aromatic N) is 3. The number of pyridine rings is 1. The van der Waals surface area contributed by atoms with E-state index in [1.807, 2.05) is 16.8 Å². The summed E-state index contributed by atoms with van der Waals surface area (Å²) >= 11 is 0. The zero-order chi connectivity index (χ0) is 13.7. The summed E-state index contributed by atoms with van der Waals surface area (Å²) in [7, 11) is 1.85. The molecule has 1 aliphatic heterocycles. The lowest BCUT2D eigenvalue weighted by atomic mass is 10.2. The first-order chi connectivity index (χ1) is 9.15. The minimum atomic E-state index is -0.348. The van der Waals surface area contributed by atoms with Gasteiger partial charge in [0.1, 0.15) is 5.82 Å². The first-order valence-electron chi connectivity index (χ1n) is 6.41. The number of hydrogen-bond donors (Lipinski definition) is 1. The van der Waals surface area contributed by atoms with E-state index in [4.69, 9.17) is 0 Å². The topological polar surface area (TPSA) is 48.5 Å². The summed E-state index contributed by atoms with van der Waals surface area (Å²) in [5, 5.41) is 3.21. The van der Waals surface area contributed by atoms with E-state index in [-0.39, 0.29) is 11.7 Å². The quantitative estimate of drug-likeness (QED) is 0.839. The molecule has 1 amide bonds. The van der Waals surface area contributed by atoms with Gasteiger partial charge >= 0.3 is 0 Å². The number of likely N-dealkylation sites (N-methyl/N-ethyl adjacent to an activating group) is 1. The molecule has 0 atom stereocenters. The molecule has 1 fully saturated rings. The van der Waals surface area contributed by atoms with Crippen LogP contribution in [0, 0.1) is 5.82 Å². The predicted octanol–water partition coefficient (Wildman–Crippen LogP) is 0.0843. The van der Waals surface area contributed by atoms with E-state index < -0.39 is 0 Å². The van der Waals surface area contributed by atoms with Crippen molar-refractivity contribution in [1.82, 2.24) is 20.1 Å². The van der Waals surface area contributed by atoms with Gasteiger partial charge in [-0.25, -0.2) is 4.39 Å².